The third-order valence-electron chi connectivity index (χ3n) is 3.47. The fourth-order valence-electron chi connectivity index (χ4n) is 2.31. The molecule has 1 N–H and O–H groups in total. The van der Waals surface area contributed by atoms with E-state index in [4.69, 9.17) is 9.47 Å². The van der Waals surface area contributed by atoms with Crippen molar-refractivity contribution in [1.82, 2.24) is 5.32 Å². The first-order chi connectivity index (χ1) is 8.74. The molecule has 1 aliphatic rings. The van der Waals surface area contributed by atoms with E-state index in [0.29, 0.717) is 31.5 Å². The normalized spacial score (nSPS) is 21.6. The summed E-state index contributed by atoms with van der Waals surface area (Å²) in [6, 6.07) is 0. The Bertz CT molecular complexity index is 227. The lowest BCUT2D eigenvalue weighted by Gasteiger charge is -2.27. The summed E-state index contributed by atoms with van der Waals surface area (Å²) in [5.41, 5.74) is 0. The summed E-state index contributed by atoms with van der Waals surface area (Å²) in [6.07, 6.45) is 3.97. The predicted molar refractivity (Wildman–Crippen MR) is 71.4 cm³/mol. The standard InChI is InChI=1S/C14H27NO3/c1-3-7-17-8-9-18-14(16)10-12(2)13-5-4-6-15-11-13/h12-13,15H,3-11H2,1-2H3. The van der Waals surface area contributed by atoms with E-state index in [1.807, 2.05) is 0 Å². The SMILES string of the molecule is CCCOCCOC(=O)CC(C)C1CCCNC1. The maximum atomic E-state index is 11.6. The van der Waals surface area contributed by atoms with Crippen LogP contribution in [0.1, 0.15) is 39.5 Å². The fraction of sp³-hybridized carbons (Fsp3) is 0.929. The second-order valence-electron chi connectivity index (χ2n) is 5.12. The summed E-state index contributed by atoms with van der Waals surface area (Å²) in [4.78, 5) is 11.6. The van der Waals surface area contributed by atoms with Crippen LogP contribution in [0.5, 0.6) is 0 Å². The van der Waals surface area contributed by atoms with Crippen LogP contribution < -0.4 is 5.32 Å². The molecule has 0 aromatic rings. The highest BCUT2D eigenvalue weighted by atomic mass is 16.6. The Morgan fingerprint density at radius 1 is 1.39 bits per heavy atom. The van der Waals surface area contributed by atoms with Gasteiger partial charge in [0, 0.05) is 13.0 Å². The van der Waals surface area contributed by atoms with Crippen LogP contribution in [0.3, 0.4) is 0 Å². The molecule has 0 saturated carbocycles. The van der Waals surface area contributed by atoms with Crippen molar-refractivity contribution in [2.75, 3.05) is 32.9 Å². The van der Waals surface area contributed by atoms with Crippen molar-refractivity contribution < 1.29 is 14.3 Å². The molecule has 18 heavy (non-hydrogen) atoms. The molecular weight excluding hydrogens is 230 g/mol. The Morgan fingerprint density at radius 2 is 2.22 bits per heavy atom. The van der Waals surface area contributed by atoms with Gasteiger partial charge in [-0.2, -0.15) is 0 Å². The van der Waals surface area contributed by atoms with Crippen LogP contribution in [0, 0.1) is 11.8 Å². The van der Waals surface area contributed by atoms with Gasteiger partial charge in [-0.1, -0.05) is 13.8 Å². The molecule has 0 aromatic heterocycles. The first-order valence-corrected chi connectivity index (χ1v) is 7.18. The van der Waals surface area contributed by atoms with E-state index < -0.39 is 0 Å². The lowest BCUT2D eigenvalue weighted by molar-refractivity contribution is -0.146. The third-order valence-corrected chi connectivity index (χ3v) is 3.47. The van der Waals surface area contributed by atoms with E-state index in [2.05, 4.69) is 19.2 Å². The second kappa shape index (κ2) is 9.34. The van der Waals surface area contributed by atoms with Gasteiger partial charge in [-0.05, 0) is 44.2 Å². The Balaban J connectivity index is 2.07. The van der Waals surface area contributed by atoms with E-state index in [0.717, 1.165) is 26.1 Å². The molecule has 1 rings (SSSR count). The number of carbonyl (C=O) groups is 1. The molecule has 0 spiro atoms. The molecule has 1 aliphatic heterocycles. The second-order valence-corrected chi connectivity index (χ2v) is 5.12. The molecule has 106 valence electrons. The van der Waals surface area contributed by atoms with Crippen molar-refractivity contribution in [1.29, 1.82) is 0 Å². The van der Waals surface area contributed by atoms with E-state index in [9.17, 15) is 4.79 Å². The van der Waals surface area contributed by atoms with E-state index in [-0.39, 0.29) is 5.97 Å². The molecule has 0 aromatic carbocycles. The van der Waals surface area contributed by atoms with Gasteiger partial charge in [0.05, 0.1) is 6.61 Å². The van der Waals surface area contributed by atoms with Gasteiger partial charge in [0.25, 0.3) is 0 Å². The van der Waals surface area contributed by atoms with Crippen LogP contribution in [-0.2, 0) is 14.3 Å². The van der Waals surface area contributed by atoms with Crippen LogP contribution >= 0.6 is 0 Å². The van der Waals surface area contributed by atoms with Crippen LogP contribution in [0.2, 0.25) is 0 Å². The molecule has 1 heterocycles. The van der Waals surface area contributed by atoms with Crippen molar-refractivity contribution in [3.63, 3.8) is 0 Å². The summed E-state index contributed by atoms with van der Waals surface area (Å²) in [7, 11) is 0. The first kappa shape index (κ1) is 15.4. The average molecular weight is 257 g/mol. The van der Waals surface area contributed by atoms with Crippen molar-refractivity contribution in [2.45, 2.75) is 39.5 Å². The van der Waals surface area contributed by atoms with Crippen LogP contribution in [0.25, 0.3) is 0 Å². The van der Waals surface area contributed by atoms with E-state index in [1.54, 1.807) is 0 Å². The minimum atomic E-state index is -0.0897. The highest BCUT2D eigenvalue weighted by molar-refractivity contribution is 5.69. The Hall–Kier alpha value is -0.610. The smallest absolute Gasteiger partial charge is 0.306 e. The van der Waals surface area contributed by atoms with Gasteiger partial charge in [-0.3, -0.25) is 4.79 Å². The van der Waals surface area contributed by atoms with Crippen molar-refractivity contribution >= 4 is 5.97 Å². The van der Waals surface area contributed by atoms with Crippen LogP contribution in [0.15, 0.2) is 0 Å². The Labute approximate surface area is 110 Å². The van der Waals surface area contributed by atoms with Gasteiger partial charge in [0.2, 0.25) is 0 Å². The molecular formula is C14H27NO3. The topological polar surface area (TPSA) is 47.6 Å². The summed E-state index contributed by atoms with van der Waals surface area (Å²) >= 11 is 0. The molecule has 0 aliphatic carbocycles. The Morgan fingerprint density at radius 3 is 2.89 bits per heavy atom. The molecule has 1 saturated heterocycles. The van der Waals surface area contributed by atoms with Crippen LogP contribution in [-0.4, -0.2) is 38.9 Å². The summed E-state index contributed by atoms with van der Waals surface area (Å²) in [6.45, 7) is 7.99. The molecule has 0 radical (unpaired) electrons. The first-order valence-electron chi connectivity index (χ1n) is 7.18. The number of hydrogen-bond donors (Lipinski definition) is 1. The molecule has 1 fully saturated rings. The van der Waals surface area contributed by atoms with Crippen molar-refractivity contribution in [3.05, 3.63) is 0 Å². The highest BCUT2D eigenvalue weighted by Crippen LogP contribution is 2.22. The summed E-state index contributed by atoms with van der Waals surface area (Å²) in [5, 5.41) is 3.38. The highest BCUT2D eigenvalue weighted by Gasteiger charge is 2.22. The molecule has 2 unspecified atom stereocenters. The zero-order valence-electron chi connectivity index (χ0n) is 11.7. The summed E-state index contributed by atoms with van der Waals surface area (Å²) in [5.74, 6) is 0.928. The minimum absolute atomic E-state index is 0.0897. The average Bonchev–Trinajstić information content (AvgIpc) is 2.39. The molecule has 0 amide bonds. The van der Waals surface area contributed by atoms with Gasteiger partial charge in [-0.15, -0.1) is 0 Å². The molecule has 4 heteroatoms. The fourth-order valence-corrected chi connectivity index (χ4v) is 2.31. The zero-order valence-corrected chi connectivity index (χ0v) is 11.7. The predicted octanol–water partition coefficient (Wildman–Crippen LogP) is 1.98. The monoisotopic (exact) mass is 257 g/mol. The van der Waals surface area contributed by atoms with Gasteiger partial charge in [0.1, 0.15) is 6.61 Å². The number of hydrogen-bond acceptors (Lipinski definition) is 4. The van der Waals surface area contributed by atoms with Gasteiger partial charge in [0.15, 0.2) is 0 Å². The zero-order chi connectivity index (χ0) is 13.2. The summed E-state index contributed by atoms with van der Waals surface area (Å²) < 4.78 is 10.4. The van der Waals surface area contributed by atoms with Crippen molar-refractivity contribution in [2.24, 2.45) is 11.8 Å². The van der Waals surface area contributed by atoms with Gasteiger partial charge in [-0.25, -0.2) is 0 Å². The Kier molecular flexibility index (Phi) is 8.01. The lowest BCUT2D eigenvalue weighted by Crippen LogP contribution is -2.34. The molecule has 0 bridgehead atoms. The number of nitrogens with one attached hydrogen (secondary N) is 1. The quantitative estimate of drug-likeness (QED) is 0.533. The van der Waals surface area contributed by atoms with Crippen molar-refractivity contribution in [3.8, 4) is 0 Å². The van der Waals surface area contributed by atoms with Gasteiger partial charge < -0.3 is 14.8 Å². The minimum Gasteiger partial charge on any atom is -0.463 e. The molecule has 4 nitrogen and oxygen atoms in total. The number of carbonyl (C=O) groups excluding carboxylic acids is 1. The van der Waals surface area contributed by atoms with Crippen LogP contribution in [0.4, 0.5) is 0 Å². The number of esters is 1. The lowest BCUT2D eigenvalue weighted by atomic mass is 9.85. The van der Waals surface area contributed by atoms with E-state index >= 15 is 0 Å². The number of ether oxygens (including phenoxy) is 2. The largest absolute Gasteiger partial charge is 0.463 e. The molecule has 2 atom stereocenters. The third kappa shape index (κ3) is 6.36. The number of rotatable bonds is 8. The van der Waals surface area contributed by atoms with E-state index in [1.165, 1.54) is 12.8 Å². The van der Waals surface area contributed by atoms with Gasteiger partial charge >= 0.3 is 5.97 Å². The number of piperidine rings is 1. The maximum absolute atomic E-state index is 11.6. The maximum Gasteiger partial charge on any atom is 0.306 e.